The highest BCUT2D eigenvalue weighted by atomic mass is 32.1. The maximum atomic E-state index is 12.7. The number of rotatable bonds is 5. The average molecular weight is 407 g/mol. The lowest BCUT2D eigenvalue weighted by Gasteiger charge is -2.00. The molecule has 0 saturated heterocycles. The molecule has 0 aliphatic carbocycles. The Hall–Kier alpha value is -2.90. The van der Waals surface area contributed by atoms with Crippen LogP contribution in [0.25, 0.3) is 22.0 Å². The van der Waals surface area contributed by atoms with E-state index in [9.17, 15) is 4.79 Å². The highest BCUT2D eigenvalue weighted by Crippen LogP contribution is 2.29. The molecule has 0 atom stereocenters. The molecule has 0 unspecified atom stereocenters. The third kappa shape index (κ3) is 3.85. The van der Waals surface area contributed by atoms with Crippen LogP contribution in [0, 0.1) is 6.92 Å². The van der Waals surface area contributed by atoms with Gasteiger partial charge >= 0.3 is 0 Å². The molecular weight excluding hydrogens is 388 g/mol. The van der Waals surface area contributed by atoms with Gasteiger partial charge in [0.15, 0.2) is 5.13 Å². The number of anilines is 1. The van der Waals surface area contributed by atoms with Crippen molar-refractivity contribution in [3.8, 4) is 22.0 Å². The molecule has 1 amide bonds. The van der Waals surface area contributed by atoms with E-state index >= 15 is 0 Å². The van der Waals surface area contributed by atoms with Gasteiger partial charge in [-0.1, -0.05) is 37.3 Å². The zero-order valence-corrected chi connectivity index (χ0v) is 17.1. The van der Waals surface area contributed by atoms with Crippen molar-refractivity contribution >= 4 is 33.7 Å². The number of nitrogens with one attached hydrogen (secondary N) is 1. The summed E-state index contributed by atoms with van der Waals surface area (Å²) in [6.07, 6.45) is 2.73. The summed E-state index contributed by atoms with van der Waals surface area (Å²) in [5, 5.41) is 6.16. The molecule has 0 aliphatic rings. The van der Waals surface area contributed by atoms with Crippen LogP contribution in [0.4, 0.5) is 5.13 Å². The summed E-state index contributed by atoms with van der Waals surface area (Å²) in [6.45, 7) is 3.96. The van der Waals surface area contributed by atoms with E-state index in [0.29, 0.717) is 15.7 Å². The minimum absolute atomic E-state index is 0.195. The summed E-state index contributed by atoms with van der Waals surface area (Å²) in [7, 11) is 0. The van der Waals surface area contributed by atoms with Crippen LogP contribution in [0.5, 0.6) is 0 Å². The van der Waals surface area contributed by atoms with Crippen LogP contribution in [0.1, 0.15) is 27.9 Å². The number of aromatic nitrogens is 3. The molecule has 1 N–H and O–H groups in total. The van der Waals surface area contributed by atoms with Crippen molar-refractivity contribution in [2.75, 3.05) is 5.32 Å². The average Bonchev–Trinajstić information content (AvgIpc) is 3.35. The Balaban J connectivity index is 1.51. The Labute approximate surface area is 171 Å². The smallest absolute Gasteiger partial charge is 0.269 e. The molecule has 0 bridgehead atoms. The summed E-state index contributed by atoms with van der Waals surface area (Å²) in [6, 6.07) is 14.0. The number of carbonyl (C=O) groups excluding carboxylic acids is 1. The van der Waals surface area contributed by atoms with E-state index in [1.807, 2.05) is 30.5 Å². The standard InChI is InChI=1S/C21H18N4OS2/c1-3-14-7-9-15(10-8-14)17-12-27-21(24-17)25-19(26)18-13(2)23-20(28-18)16-6-4-5-11-22-16/h4-12H,3H2,1-2H3,(H,24,25,26). The molecule has 0 radical (unpaired) electrons. The Morgan fingerprint density at radius 3 is 2.61 bits per heavy atom. The fraction of sp³-hybridized carbons (Fsp3) is 0.143. The van der Waals surface area contributed by atoms with Crippen LogP contribution < -0.4 is 5.32 Å². The van der Waals surface area contributed by atoms with Crippen molar-refractivity contribution in [1.29, 1.82) is 0 Å². The van der Waals surface area contributed by atoms with E-state index in [1.54, 1.807) is 6.20 Å². The summed E-state index contributed by atoms with van der Waals surface area (Å²) >= 11 is 2.75. The van der Waals surface area contributed by atoms with Crippen LogP contribution in [0.3, 0.4) is 0 Å². The van der Waals surface area contributed by atoms with Crippen LogP contribution >= 0.6 is 22.7 Å². The first-order valence-corrected chi connectivity index (χ1v) is 10.6. The Bertz CT molecular complexity index is 1100. The molecule has 3 heterocycles. The zero-order valence-electron chi connectivity index (χ0n) is 15.5. The predicted molar refractivity (Wildman–Crippen MR) is 115 cm³/mol. The van der Waals surface area contributed by atoms with Gasteiger partial charge in [-0.25, -0.2) is 9.97 Å². The van der Waals surface area contributed by atoms with Gasteiger partial charge in [0.05, 0.1) is 17.1 Å². The second kappa shape index (κ2) is 8.00. The minimum Gasteiger partial charge on any atom is -0.297 e. The van der Waals surface area contributed by atoms with E-state index in [-0.39, 0.29) is 5.91 Å². The zero-order chi connectivity index (χ0) is 19.5. The van der Waals surface area contributed by atoms with Crippen LogP contribution in [0.2, 0.25) is 0 Å². The van der Waals surface area contributed by atoms with Gasteiger partial charge in [-0.2, -0.15) is 0 Å². The van der Waals surface area contributed by atoms with Crippen molar-refractivity contribution in [3.63, 3.8) is 0 Å². The number of hydrogen-bond acceptors (Lipinski definition) is 6. The Morgan fingerprint density at radius 2 is 1.89 bits per heavy atom. The molecule has 7 heteroatoms. The number of nitrogens with zero attached hydrogens (tertiary/aromatic N) is 3. The predicted octanol–water partition coefficient (Wildman–Crippen LogP) is 5.45. The van der Waals surface area contributed by atoms with Gasteiger partial charge in [0.1, 0.15) is 9.88 Å². The van der Waals surface area contributed by atoms with Crippen LogP contribution in [-0.2, 0) is 6.42 Å². The van der Waals surface area contributed by atoms with Crippen molar-refractivity contribution in [3.05, 3.63) is 70.2 Å². The lowest BCUT2D eigenvalue weighted by atomic mass is 10.1. The van der Waals surface area contributed by atoms with Gasteiger partial charge in [0, 0.05) is 17.1 Å². The first kappa shape index (κ1) is 18.5. The second-order valence-corrected chi connectivity index (χ2v) is 8.05. The SMILES string of the molecule is CCc1ccc(-c2csc(NC(=O)c3sc(-c4ccccn4)nc3C)n2)cc1. The topological polar surface area (TPSA) is 67.8 Å². The lowest BCUT2D eigenvalue weighted by Crippen LogP contribution is -2.11. The maximum absolute atomic E-state index is 12.7. The van der Waals surface area contributed by atoms with Crippen LogP contribution in [-0.4, -0.2) is 20.9 Å². The fourth-order valence-corrected chi connectivity index (χ4v) is 4.39. The first-order valence-electron chi connectivity index (χ1n) is 8.89. The number of amides is 1. The molecule has 3 aromatic heterocycles. The number of hydrogen-bond donors (Lipinski definition) is 1. The molecule has 28 heavy (non-hydrogen) atoms. The molecular formula is C21H18N4OS2. The van der Waals surface area contributed by atoms with Crippen molar-refractivity contribution in [2.45, 2.75) is 20.3 Å². The number of pyridine rings is 1. The molecule has 0 aliphatic heterocycles. The van der Waals surface area contributed by atoms with E-state index in [2.05, 4.69) is 51.5 Å². The van der Waals surface area contributed by atoms with Gasteiger partial charge in [-0.05, 0) is 31.0 Å². The summed E-state index contributed by atoms with van der Waals surface area (Å²) < 4.78 is 0. The third-order valence-electron chi connectivity index (χ3n) is 4.27. The molecule has 0 fully saturated rings. The van der Waals surface area contributed by atoms with Gasteiger partial charge < -0.3 is 0 Å². The molecule has 4 rings (SSSR count). The number of aryl methyl sites for hydroxylation is 2. The van der Waals surface area contributed by atoms with Gasteiger partial charge in [0.25, 0.3) is 5.91 Å². The summed E-state index contributed by atoms with van der Waals surface area (Å²) in [5.74, 6) is -0.195. The van der Waals surface area contributed by atoms with Crippen molar-refractivity contribution in [2.24, 2.45) is 0 Å². The lowest BCUT2D eigenvalue weighted by molar-refractivity contribution is 0.103. The van der Waals surface area contributed by atoms with E-state index in [4.69, 9.17) is 0 Å². The van der Waals surface area contributed by atoms with E-state index in [0.717, 1.165) is 28.4 Å². The molecule has 140 valence electrons. The Kier molecular flexibility index (Phi) is 5.27. The molecule has 4 aromatic rings. The fourth-order valence-electron chi connectivity index (χ4n) is 2.73. The quantitative estimate of drug-likeness (QED) is 0.478. The summed E-state index contributed by atoms with van der Waals surface area (Å²) in [4.78, 5) is 26.6. The minimum atomic E-state index is -0.195. The van der Waals surface area contributed by atoms with Crippen molar-refractivity contribution < 1.29 is 4.79 Å². The highest BCUT2D eigenvalue weighted by Gasteiger charge is 2.18. The maximum Gasteiger partial charge on any atom is 0.269 e. The molecule has 0 saturated carbocycles. The number of benzene rings is 1. The van der Waals surface area contributed by atoms with Gasteiger partial charge in [-0.3, -0.25) is 15.1 Å². The second-order valence-electron chi connectivity index (χ2n) is 6.19. The first-order chi connectivity index (χ1) is 13.6. The Morgan fingerprint density at radius 1 is 1.07 bits per heavy atom. The monoisotopic (exact) mass is 406 g/mol. The number of carbonyl (C=O) groups is 1. The molecule has 5 nitrogen and oxygen atoms in total. The summed E-state index contributed by atoms with van der Waals surface area (Å²) in [5.41, 5.74) is 4.65. The highest BCUT2D eigenvalue weighted by molar-refractivity contribution is 7.17. The van der Waals surface area contributed by atoms with Crippen LogP contribution in [0.15, 0.2) is 54.0 Å². The van der Waals surface area contributed by atoms with E-state index in [1.165, 1.54) is 28.2 Å². The molecule has 1 aromatic carbocycles. The number of thiazole rings is 2. The third-order valence-corrected chi connectivity index (χ3v) is 6.21. The van der Waals surface area contributed by atoms with E-state index < -0.39 is 0 Å². The molecule has 0 spiro atoms. The largest absolute Gasteiger partial charge is 0.297 e. The van der Waals surface area contributed by atoms with Crippen molar-refractivity contribution in [1.82, 2.24) is 15.0 Å². The van der Waals surface area contributed by atoms with Gasteiger partial charge in [-0.15, -0.1) is 22.7 Å². The normalized spacial score (nSPS) is 10.8. The van der Waals surface area contributed by atoms with Gasteiger partial charge in [0.2, 0.25) is 0 Å².